The molecule has 0 aliphatic rings. The molecule has 27 heavy (non-hydrogen) atoms. The molecule has 2 heterocycles. The lowest BCUT2D eigenvalue weighted by Crippen LogP contribution is -1.94. The second-order valence-electron chi connectivity index (χ2n) is 5.66. The molecular weight excluding hydrogens is 351 g/mol. The second-order valence-corrected chi connectivity index (χ2v) is 5.66. The van der Waals surface area contributed by atoms with Gasteiger partial charge in [-0.15, -0.1) is 0 Å². The summed E-state index contributed by atoms with van der Waals surface area (Å²) in [7, 11) is 1.60. The lowest BCUT2D eigenvalue weighted by Gasteiger charge is -2.05. The molecule has 7 heteroatoms. The van der Waals surface area contributed by atoms with Gasteiger partial charge in [-0.3, -0.25) is 0 Å². The molecule has 4 rings (SSSR count). The zero-order valence-corrected chi connectivity index (χ0v) is 14.4. The minimum atomic E-state index is -0.325. The van der Waals surface area contributed by atoms with Crippen LogP contribution in [0, 0.1) is 5.82 Å². The molecule has 0 saturated carbocycles. The van der Waals surface area contributed by atoms with Crippen molar-refractivity contribution in [1.29, 1.82) is 0 Å². The lowest BCUT2D eigenvalue weighted by molar-refractivity contribution is 0.269. The molecule has 6 nitrogen and oxygen atoms in total. The minimum absolute atomic E-state index is 0.238. The van der Waals surface area contributed by atoms with Crippen LogP contribution in [-0.4, -0.2) is 17.3 Å². The van der Waals surface area contributed by atoms with Crippen LogP contribution in [0.3, 0.4) is 0 Å². The van der Waals surface area contributed by atoms with Gasteiger partial charge in [-0.1, -0.05) is 11.2 Å². The van der Waals surface area contributed by atoms with Crippen molar-refractivity contribution < 1.29 is 22.8 Å². The highest BCUT2D eigenvalue weighted by molar-refractivity contribution is 5.57. The molecule has 0 N–H and O–H groups in total. The van der Waals surface area contributed by atoms with Gasteiger partial charge in [0.05, 0.1) is 7.11 Å². The van der Waals surface area contributed by atoms with Gasteiger partial charge in [0.15, 0.2) is 5.76 Å². The van der Waals surface area contributed by atoms with E-state index in [1.165, 1.54) is 12.1 Å². The van der Waals surface area contributed by atoms with E-state index in [4.69, 9.17) is 18.4 Å². The molecule has 0 atom stereocenters. The Kier molecular flexibility index (Phi) is 4.57. The second kappa shape index (κ2) is 7.33. The topological polar surface area (TPSA) is 70.5 Å². The summed E-state index contributed by atoms with van der Waals surface area (Å²) in [6.07, 6.45) is 0. The Morgan fingerprint density at radius 2 is 1.81 bits per heavy atom. The Morgan fingerprint density at radius 3 is 2.63 bits per heavy atom. The summed E-state index contributed by atoms with van der Waals surface area (Å²) in [5.74, 6) is 2.69. The Labute approximate surface area is 154 Å². The number of benzene rings is 2. The van der Waals surface area contributed by atoms with Crippen LogP contribution in [-0.2, 0) is 6.61 Å². The van der Waals surface area contributed by atoms with Gasteiger partial charge in [0.2, 0.25) is 5.82 Å². The predicted octanol–water partition coefficient (Wildman–Crippen LogP) is 4.72. The lowest BCUT2D eigenvalue weighted by atomic mass is 10.2. The Morgan fingerprint density at radius 1 is 1.00 bits per heavy atom. The largest absolute Gasteiger partial charge is 0.497 e. The number of methoxy groups -OCH3 is 1. The van der Waals surface area contributed by atoms with E-state index in [-0.39, 0.29) is 18.3 Å². The van der Waals surface area contributed by atoms with Crippen molar-refractivity contribution in [1.82, 2.24) is 10.1 Å². The van der Waals surface area contributed by atoms with Crippen molar-refractivity contribution in [3.63, 3.8) is 0 Å². The first-order valence-corrected chi connectivity index (χ1v) is 8.17. The fourth-order valence-corrected chi connectivity index (χ4v) is 2.46. The van der Waals surface area contributed by atoms with Gasteiger partial charge in [0.25, 0.3) is 5.89 Å². The molecule has 0 fully saturated rings. The number of halogens is 1. The summed E-state index contributed by atoms with van der Waals surface area (Å²) >= 11 is 0. The highest BCUT2D eigenvalue weighted by Crippen LogP contribution is 2.25. The van der Waals surface area contributed by atoms with Crippen molar-refractivity contribution in [2.45, 2.75) is 6.61 Å². The van der Waals surface area contributed by atoms with Gasteiger partial charge in [-0.25, -0.2) is 4.39 Å². The van der Waals surface area contributed by atoms with Crippen LogP contribution in [0.15, 0.2) is 69.6 Å². The maximum Gasteiger partial charge on any atom is 0.293 e. The van der Waals surface area contributed by atoms with Gasteiger partial charge in [-0.2, -0.15) is 4.98 Å². The number of rotatable bonds is 6. The normalized spacial score (nSPS) is 10.7. The Balaban J connectivity index is 1.45. The number of nitrogens with zero attached hydrogens (tertiary/aromatic N) is 2. The van der Waals surface area contributed by atoms with E-state index in [9.17, 15) is 4.39 Å². The maximum atomic E-state index is 13.0. The highest BCUT2D eigenvalue weighted by atomic mass is 19.1. The van der Waals surface area contributed by atoms with Crippen LogP contribution in [0.5, 0.6) is 11.5 Å². The smallest absolute Gasteiger partial charge is 0.293 e. The first kappa shape index (κ1) is 16.8. The number of hydrogen-bond acceptors (Lipinski definition) is 6. The molecule has 2 aromatic heterocycles. The summed E-state index contributed by atoms with van der Waals surface area (Å²) in [6, 6.07) is 16.7. The monoisotopic (exact) mass is 366 g/mol. The number of ether oxygens (including phenoxy) is 2. The quantitative estimate of drug-likeness (QED) is 0.492. The Hall–Kier alpha value is -3.61. The van der Waals surface area contributed by atoms with Crippen LogP contribution in [0.1, 0.15) is 5.76 Å². The zero-order valence-electron chi connectivity index (χ0n) is 14.4. The van der Waals surface area contributed by atoms with Gasteiger partial charge in [0, 0.05) is 11.6 Å². The zero-order chi connectivity index (χ0) is 18.6. The highest BCUT2D eigenvalue weighted by Gasteiger charge is 2.14. The molecule has 4 aromatic rings. The fourth-order valence-electron chi connectivity index (χ4n) is 2.46. The van der Waals surface area contributed by atoms with Gasteiger partial charge in [-0.05, 0) is 48.5 Å². The molecular formula is C20H15FN2O4. The third-order valence-corrected chi connectivity index (χ3v) is 3.82. The molecule has 0 unspecified atom stereocenters. The van der Waals surface area contributed by atoms with E-state index in [0.717, 1.165) is 0 Å². The Bertz CT molecular complexity index is 1040. The average Bonchev–Trinajstić information content (AvgIpc) is 3.37. The predicted molar refractivity (Wildman–Crippen MR) is 94.7 cm³/mol. The molecule has 136 valence electrons. The fraction of sp³-hybridized carbons (Fsp3) is 0.100. The molecule has 2 aromatic carbocycles. The first-order valence-electron chi connectivity index (χ1n) is 8.17. The van der Waals surface area contributed by atoms with E-state index >= 15 is 0 Å². The van der Waals surface area contributed by atoms with Crippen LogP contribution in [0.25, 0.3) is 23.0 Å². The first-order chi connectivity index (χ1) is 13.2. The SMILES string of the molecule is COc1cccc(OCc2ccc(-c3nc(-c4ccc(F)cc4)no3)o2)c1. The van der Waals surface area contributed by atoms with Crippen molar-refractivity contribution in [2.24, 2.45) is 0 Å². The number of hydrogen-bond donors (Lipinski definition) is 0. The van der Waals surface area contributed by atoms with Gasteiger partial charge in [0.1, 0.15) is 29.7 Å². The van der Waals surface area contributed by atoms with Crippen LogP contribution < -0.4 is 9.47 Å². The third kappa shape index (κ3) is 3.82. The summed E-state index contributed by atoms with van der Waals surface area (Å²) in [5, 5.41) is 3.90. The summed E-state index contributed by atoms with van der Waals surface area (Å²) < 4.78 is 34.8. The summed E-state index contributed by atoms with van der Waals surface area (Å²) in [4.78, 5) is 4.28. The number of furan rings is 1. The minimum Gasteiger partial charge on any atom is -0.497 e. The van der Waals surface area contributed by atoms with Crippen LogP contribution in [0.2, 0.25) is 0 Å². The molecule has 0 spiro atoms. The van der Waals surface area contributed by atoms with Crippen LogP contribution in [0.4, 0.5) is 4.39 Å². The van der Waals surface area contributed by atoms with Crippen molar-refractivity contribution >= 4 is 0 Å². The summed E-state index contributed by atoms with van der Waals surface area (Å²) in [6.45, 7) is 0.242. The van der Waals surface area contributed by atoms with Crippen molar-refractivity contribution in [2.75, 3.05) is 7.11 Å². The summed E-state index contributed by atoms with van der Waals surface area (Å²) in [5.41, 5.74) is 0.652. The molecule has 0 bridgehead atoms. The molecule has 0 amide bonds. The van der Waals surface area contributed by atoms with Crippen LogP contribution >= 0.6 is 0 Å². The van der Waals surface area contributed by atoms with Crippen molar-refractivity contribution in [3.8, 4) is 34.5 Å². The van der Waals surface area contributed by atoms with Gasteiger partial charge >= 0.3 is 0 Å². The molecule has 0 saturated heterocycles. The third-order valence-electron chi connectivity index (χ3n) is 3.82. The van der Waals surface area contributed by atoms with E-state index < -0.39 is 0 Å². The van der Waals surface area contributed by atoms with E-state index in [0.29, 0.717) is 34.4 Å². The van der Waals surface area contributed by atoms with Crippen molar-refractivity contribution in [3.05, 3.63) is 72.2 Å². The maximum absolute atomic E-state index is 13.0. The average molecular weight is 366 g/mol. The van der Waals surface area contributed by atoms with E-state index in [1.807, 2.05) is 18.2 Å². The van der Waals surface area contributed by atoms with E-state index in [2.05, 4.69) is 10.1 Å². The number of aromatic nitrogens is 2. The molecule has 0 aliphatic heterocycles. The standard InChI is InChI=1S/C20H15FN2O4/c1-24-15-3-2-4-16(11-15)25-12-17-9-10-18(26-17)20-22-19(23-27-20)13-5-7-14(21)8-6-13/h2-11H,12H2,1H3. The molecule has 0 radical (unpaired) electrons. The van der Waals surface area contributed by atoms with Gasteiger partial charge < -0.3 is 18.4 Å². The molecule has 0 aliphatic carbocycles. The van der Waals surface area contributed by atoms with E-state index in [1.54, 1.807) is 37.4 Å².